The van der Waals surface area contributed by atoms with Crippen molar-refractivity contribution in [1.82, 2.24) is 14.3 Å². The number of aryl methyl sites for hydroxylation is 2. The lowest BCUT2D eigenvalue weighted by molar-refractivity contribution is 0.743. The standard InChI is InChI=1S/C10H10IN3S/c1-7-12-13(2)10(15)14(7)9-5-3-8(11)4-6-9/h3-6H,1-2H3. The number of halogens is 1. The summed E-state index contributed by atoms with van der Waals surface area (Å²) in [6.07, 6.45) is 0. The van der Waals surface area contributed by atoms with Gasteiger partial charge in [-0.25, -0.2) is 4.68 Å². The minimum atomic E-state index is 0.716. The van der Waals surface area contributed by atoms with Gasteiger partial charge >= 0.3 is 0 Å². The lowest BCUT2D eigenvalue weighted by Gasteiger charge is -2.03. The van der Waals surface area contributed by atoms with Crippen molar-refractivity contribution in [2.75, 3.05) is 0 Å². The molecule has 0 N–H and O–H groups in total. The highest BCUT2D eigenvalue weighted by atomic mass is 127. The van der Waals surface area contributed by atoms with E-state index in [1.54, 1.807) is 4.68 Å². The highest BCUT2D eigenvalue weighted by Crippen LogP contribution is 2.13. The van der Waals surface area contributed by atoms with E-state index in [1.807, 2.05) is 30.7 Å². The molecule has 0 spiro atoms. The second-order valence-electron chi connectivity index (χ2n) is 3.27. The van der Waals surface area contributed by atoms with Crippen LogP contribution in [-0.4, -0.2) is 14.3 Å². The van der Waals surface area contributed by atoms with Gasteiger partial charge in [-0.15, -0.1) is 0 Å². The van der Waals surface area contributed by atoms with Crippen molar-refractivity contribution in [3.63, 3.8) is 0 Å². The second kappa shape index (κ2) is 4.05. The molecular weight excluding hydrogens is 321 g/mol. The van der Waals surface area contributed by atoms with E-state index in [2.05, 4.69) is 39.8 Å². The number of hydrogen-bond donors (Lipinski definition) is 0. The van der Waals surface area contributed by atoms with Gasteiger partial charge in [-0.05, 0) is 66.0 Å². The summed E-state index contributed by atoms with van der Waals surface area (Å²) in [6, 6.07) is 8.22. The Balaban J connectivity index is 2.64. The highest BCUT2D eigenvalue weighted by molar-refractivity contribution is 14.1. The van der Waals surface area contributed by atoms with Crippen LogP contribution in [-0.2, 0) is 7.05 Å². The number of nitrogens with zero attached hydrogens (tertiary/aromatic N) is 3. The fourth-order valence-electron chi connectivity index (χ4n) is 1.48. The molecule has 0 saturated carbocycles. The summed E-state index contributed by atoms with van der Waals surface area (Å²) in [7, 11) is 1.86. The van der Waals surface area contributed by atoms with Gasteiger partial charge in [0.1, 0.15) is 5.82 Å². The summed E-state index contributed by atoms with van der Waals surface area (Å²) < 4.78 is 5.60. The van der Waals surface area contributed by atoms with Gasteiger partial charge in [0.15, 0.2) is 0 Å². The third-order valence-corrected chi connectivity index (χ3v) is 3.34. The van der Waals surface area contributed by atoms with E-state index < -0.39 is 0 Å². The summed E-state index contributed by atoms with van der Waals surface area (Å²) in [5.74, 6) is 0.906. The van der Waals surface area contributed by atoms with E-state index in [-0.39, 0.29) is 0 Å². The largest absolute Gasteiger partial charge is 0.272 e. The van der Waals surface area contributed by atoms with Crippen LogP contribution in [0, 0.1) is 15.3 Å². The number of hydrogen-bond acceptors (Lipinski definition) is 2. The summed E-state index contributed by atoms with van der Waals surface area (Å²) >= 11 is 7.57. The van der Waals surface area contributed by atoms with Gasteiger partial charge in [0.25, 0.3) is 0 Å². The van der Waals surface area contributed by atoms with Gasteiger partial charge in [-0.1, -0.05) is 0 Å². The van der Waals surface area contributed by atoms with Crippen molar-refractivity contribution in [1.29, 1.82) is 0 Å². The maximum atomic E-state index is 5.29. The van der Waals surface area contributed by atoms with Crippen LogP contribution < -0.4 is 0 Å². The molecule has 0 aliphatic carbocycles. The Kier molecular flexibility index (Phi) is 2.92. The Morgan fingerprint density at radius 3 is 2.33 bits per heavy atom. The van der Waals surface area contributed by atoms with E-state index in [4.69, 9.17) is 12.2 Å². The first-order valence-corrected chi connectivity index (χ1v) is 5.97. The molecule has 0 amide bonds. The smallest absolute Gasteiger partial charge is 0.202 e. The van der Waals surface area contributed by atoms with Crippen molar-refractivity contribution in [3.8, 4) is 5.69 Å². The minimum Gasteiger partial charge on any atom is -0.272 e. The topological polar surface area (TPSA) is 22.8 Å². The molecule has 0 bridgehead atoms. The van der Waals surface area contributed by atoms with Crippen molar-refractivity contribution >= 4 is 34.8 Å². The first-order valence-electron chi connectivity index (χ1n) is 4.48. The van der Waals surface area contributed by atoms with Gasteiger partial charge in [0.05, 0.1) is 0 Å². The molecule has 0 radical (unpaired) electrons. The Hall–Kier alpha value is -0.690. The van der Waals surface area contributed by atoms with Crippen LogP contribution in [0.4, 0.5) is 0 Å². The normalized spacial score (nSPS) is 10.6. The first-order chi connectivity index (χ1) is 7.09. The first kappa shape index (κ1) is 10.8. The van der Waals surface area contributed by atoms with Gasteiger partial charge in [-0.2, -0.15) is 5.10 Å². The van der Waals surface area contributed by atoms with Crippen LogP contribution in [0.5, 0.6) is 0 Å². The quantitative estimate of drug-likeness (QED) is 0.592. The summed E-state index contributed by atoms with van der Waals surface area (Å²) in [5, 5.41) is 4.28. The van der Waals surface area contributed by atoms with Crippen LogP contribution in [0.25, 0.3) is 5.69 Å². The van der Waals surface area contributed by atoms with Crippen molar-refractivity contribution in [3.05, 3.63) is 38.4 Å². The Labute approximate surface area is 107 Å². The molecule has 1 aromatic carbocycles. The maximum Gasteiger partial charge on any atom is 0.202 e. The van der Waals surface area contributed by atoms with Gasteiger partial charge in [0, 0.05) is 16.3 Å². The molecule has 3 nitrogen and oxygen atoms in total. The number of benzene rings is 1. The van der Waals surface area contributed by atoms with Crippen LogP contribution in [0.2, 0.25) is 0 Å². The Bertz CT molecular complexity index is 539. The predicted molar refractivity (Wildman–Crippen MR) is 70.8 cm³/mol. The molecule has 2 aromatic rings. The monoisotopic (exact) mass is 331 g/mol. The van der Waals surface area contributed by atoms with Gasteiger partial charge < -0.3 is 0 Å². The molecule has 1 aromatic heterocycles. The molecular formula is C10H10IN3S. The molecule has 0 aliphatic rings. The van der Waals surface area contributed by atoms with E-state index in [9.17, 15) is 0 Å². The van der Waals surface area contributed by atoms with E-state index in [0.29, 0.717) is 4.77 Å². The summed E-state index contributed by atoms with van der Waals surface area (Å²) in [6.45, 7) is 1.95. The second-order valence-corrected chi connectivity index (χ2v) is 4.88. The van der Waals surface area contributed by atoms with E-state index in [0.717, 1.165) is 11.5 Å². The average molecular weight is 331 g/mol. The summed E-state index contributed by atoms with van der Waals surface area (Å²) in [4.78, 5) is 0. The zero-order valence-corrected chi connectivity index (χ0v) is 11.4. The molecule has 15 heavy (non-hydrogen) atoms. The fourth-order valence-corrected chi connectivity index (χ4v) is 2.11. The Morgan fingerprint density at radius 2 is 1.87 bits per heavy atom. The highest BCUT2D eigenvalue weighted by Gasteiger charge is 2.05. The summed E-state index contributed by atoms with van der Waals surface area (Å²) in [5.41, 5.74) is 1.06. The Morgan fingerprint density at radius 1 is 1.27 bits per heavy atom. The van der Waals surface area contributed by atoms with Gasteiger partial charge in [-0.3, -0.25) is 4.57 Å². The van der Waals surface area contributed by atoms with Crippen molar-refractivity contribution in [2.24, 2.45) is 7.05 Å². The molecule has 0 atom stereocenters. The molecule has 1 heterocycles. The zero-order chi connectivity index (χ0) is 11.0. The fraction of sp³-hybridized carbons (Fsp3) is 0.200. The molecule has 0 fully saturated rings. The number of aromatic nitrogens is 3. The molecule has 5 heteroatoms. The SMILES string of the molecule is Cc1nn(C)c(=S)n1-c1ccc(I)cc1. The molecule has 0 aliphatic heterocycles. The van der Waals surface area contributed by atoms with E-state index >= 15 is 0 Å². The average Bonchev–Trinajstić information content (AvgIpc) is 2.44. The molecule has 0 unspecified atom stereocenters. The van der Waals surface area contributed by atoms with E-state index in [1.165, 1.54) is 3.57 Å². The van der Waals surface area contributed by atoms with Crippen LogP contribution in [0.3, 0.4) is 0 Å². The predicted octanol–water partition coefficient (Wildman–Crippen LogP) is 2.85. The maximum absolute atomic E-state index is 5.29. The van der Waals surface area contributed by atoms with Crippen molar-refractivity contribution in [2.45, 2.75) is 6.92 Å². The lowest BCUT2D eigenvalue weighted by atomic mass is 10.3. The van der Waals surface area contributed by atoms with Crippen LogP contribution in [0.15, 0.2) is 24.3 Å². The van der Waals surface area contributed by atoms with Crippen LogP contribution in [0.1, 0.15) is 5.82 Å². The molecule has 78 valence electrons. The van der Waals surface area contributed by atoms with Crippen molar-refractivity contribution < 1.29 is 0 Å². The van der Waals surface area contributed by atoms with Crippen LogP contribution >= 0.6 is 34.8 Å². The lowest BCUT2D eigenvalue weighted by Crippen LogP contribution is -1.97. The third-order valence-electron chi connectivity index (χ3n) is 2.17. The molecule has 0 saturated heterocycles. The minimum absolute atomic E-state index is 0.716. The molecule has 2 rings (SSSR count). The van der Waals surface area contributed by atoms with Gasteiger partial charge in [0.2, 0.25) is 4.77 Å². The number of rotatable bonds is 1. The zero-order valence-electron chi connectivity index (χ0n) is 8.44. The third kappa shape index (κ3) is 1.98.